The summed E-state index contributed by atoms with van der Waals surface area (Å²) in [7, 11) is 0. The van der Waals surface area contributed by atoms with Crippen molar-refractivity contribution < 1.29 is 19.4 Å². The van der Waals surface area contributed by atoms with Gasteiger partial charge in [-0.3, -0.25) is 4.79 Å². The van der Waals surface area contributed by atoms with E-state index in [0.717, 1.165) is 6.42 Å². The number of ether oxygens (including phenoxy) is 1. The second kappa shape index (κ2) is 11.7. The highest BCUT2D eigenvalue weighted by atomic mass is 16.5. The lowest BCUT2D eigenvalue weighted by Gasteiger charge is -2.06. The van der Waals surface area contributed by atoms with Gasteiger partial charge in [-0.2, -0.15) is 0 Å². The fourth-order valence-electron chi connectivity index (χ4n) is 0.526. The Hall–Kier alpha value is -1.32. The highest BCUT2D eigenvalue weighted by Gasteiger charge is 2.01. The number of esters is 1. The van der Waals surface area contributed by atoms with Crippen molar-refractivity contribution in [1.82, 2.24) is 0 Å². The van der Waals surface area contributed by atoms with Crippen LogP contribution in [-0.4, -0.2) is 24.2 Å². The zero-order valence-electron chi connectivity index (χ0n) is 8.90. The summed E-state index contributed by atoms with van der Waals surface area (Å²) < 4.78 is 4.91. The predicted molar refractivity (Wildman–Crippen MR) is 53.9 cm³/mol. The van der Waals surface area contributed by atoms with Crippen LogP contribution in [0.15, 0.2) is 12.2 Å². The molecule has 0 aliphatic rings. The molecule has 1 atom stereocenters. The van der Waals surface area contributed by atoms with Crippen LogP contribution in [0.3, 0.4) is 0 Å². The Morgan fingerprint density at radius 2 is 2.07 bits per heavy atom. The lowest BCUT2D eigenvalue weighted by molar-refractivity contribution is -0.139. The van der Waals surface area contributed by atoms with Crippen molar-refractivity contribution in [3.8, 4) is 0 Å². The normalized spacial score (nSPS) is 11.4. The molecule has 4 nitrogen and oxygen atoms in total. The van der Waals surface area contributed by atoms with Gasteiger partial charge in [-0.05, 0) is 12.8 Å². The van der Waals surface area contributed by atoms with Gasteiger partial charge in [-0.15, -0.1) is 0 Å². The van der Waals surface area contributed by atoms with Gasteiger partial charge in [-0.25, -0.2) is 4.79 Å². The standard InChI is InChI=1S/C9H16O2.CH2O2/c1-4-6-9(10)11-7-8(3)5-2;2-1-3/h4,6,8H,5,7H2,1-3H3;1H,(H,2,3). The van der Waals surface area contributed by atoms with E-state index in [1.54, 1.807) is 13.0 Å². The van der Waals surface area contributed by atoms with E-state index in [4.69, 9.17) is 14.6 Å². The summed E-state index contributed by atoms with van der Waals surface area (Å²) in [6.45, 7) is 6.21. The average Bonchev–Trinajstić information content (AvgIpc) is 2.16. The molecule has 82 valence electrons. The van der Waals surface area contributed by atoms with Gasteiger partial charge < -0.3 is 9.84 Å². The quantitative estimate of drug-likeness (QED) is 0.429. The molecular formula is C10H18O4. The predicted octanol–water partition coefficient (Wildman–Crippen LogP) is 1.85. The number of carbonyl (C=O) groups is 2. The summed E-state index contributed by atoms with van der Waals surface area (Å²) in [5.41, 5.74) is 0. The molecule has 0 bridgehead atoms. The van der Waals surface area contributed by atoms with Gasteiger partial charge in [0, 0.05) is 6.08 Å². The molecule has 0 saturated heterocycles. The molecule has 1 N–H and O–H groups in total. The molecule has 1 unspecified atom stereocenters. The number of allylic oxidation sites excluding steroid dienone is 1. The number of hydrogen-bond donors (Lipinski definition) is 1. The molecule has 0 aromatic rings. The van der Waals surface area contributed by atoms with E-state index in [2.05, 4.69) is 13.8 Å². The number of hydrogen-bond acceptors (Lipinski definition) is 3. The summed E-state index contributed by atoms with van der Waals surface area (Å²) >= 11 is 0. The first-order chi connectivity index (χ1) is 6.62. The second-order valence-electron chi connectivity index (χ2n) is 2.75. The summed E-state index contributed by atoms with van der Waals surface area (Å²) in [5, 5.41) is 6.89. The van der Waals surface area contributed by atoms with Crippen LogP contribution in [0.25, 0.3) is 0 Å². The van der Waals surface area contributed by atoms with Crippen LogP contribution >= 0.6 is 0 Å². The van der Waals surface area contributed by atoms with E-state index in [1.807, 2.05) is 0 Å². The van der Waals surface area contributed by atoms with Crippen LogP contribution in [0.2, 0.25) is 0 Å². The van der Waals surface area contributed by atoms with Gasteiger partial charge in [0.1, 0.15) is 0 Å². The SMILES string of the molecule is CC=CC(=O)OCC(C)CC.O=CO. The highest BCUT2D eigenvalue weighted by Crippen LogP contribution is 2.00. The molecule has 0 fully saturated rings. The Bertz CT molecular complexity index is 175. The Morgan fingerprint density at radius 1 is 1.57 bits per heavy atom. The zero-order valence-corrected chi connectivity index (χ0v) is 8.90. The third-order valence-corrected chi connectivity index (χ3v) is 1.51. The van der Waals surface area contributed by atoms with Gasteiger partial charge in [0.15, 0.2) is 0 Å². The maximum Gasteiger partial charge on any atom is 0.330 e. The maximum atomic E-state index is 10.8. The molecule has 0 saturated carbocycles. The highest BCUT2D eigenvalue weighted by molar-refractivity contribution is 5.81. The van der Waals surface area contributed by atoms with Crippen molar-refractivity contribution in [2.75, 3.05) is 6.61 Å². The van der Waals surface area contributed by atoms with Crippen LogP contribution in [0.1, 0.15) is 27.2 Å². The molecule has 4 heteroatoms. The van der Waals surface area contributed by atoms with Gasteiger partial charge in [-0.1, -0.05) is 26.3 Å². The van der Waals surface area contributed by atoms with Crippen LogP contribution in [-0.2, 0) is 14.3 Å². The molecule has 0 spiro atoms. The van der Waals surface area contributed by atoms with E-state index in [0.29, 0.717) is 12.5 Å². The van der Waals surface area contributed by atoms with Crippen molar-refractivity contribution in [3.05, 3.63) is 12.2 Å². The van der Waals surface area contributed by atoms with Gasteiger partial charge in [0.25, 0.3) is 6.47 Å². The first-order valence-corrected chi connectivity index (χ1v) is 4.49. The molecule has 0 radical (unpaired) electrons. The monoisotopic (exact) mass is 202 g/mol. The minimum atomic E-state index is -0.250. The van der Waals surface area contributed by atoms with Crippen LogP contribution < -0.4 is 0 Å². The molecule has 14 heavy (non-hydrogen) atoms. The van der Waals surface area contributed by atoms with E-state index in [-0.39, 0.29) is 12.4 Å². The summed E-state index contributed by atoms with van der Waals surface area (Å²) in [4.78, 5) is 19.1. The number of rotatable bonds is 4. The second-order valence-corrected chi connectivity index (χ2v) is 2.75. The molecule has 0 heterocycles. The lowest BCUT2D eigenvalue weighted by Crippen LogP contribution is -2.08. The van der Waals surface area contributed by atoms with Crippen molar-refractivity contribution in [1.29, 1.82) is 0 Å². The molecule has 0 aliphatic heterocycles. The van der Waals surface area contributed by atoms with Gasteiger partial charge in [0.05, 0.1) is 6.61 Å². The van der Waals surface area contributed by atoms with Crippen molar-refractivity contribution in [2.45, 2.75) is 27.2 Å². The Kier molecular flexibility index (Phi) is 12.7. The summed E-state index contributed by atoms with van der Waals surface area (Å²) in [6.07, 6.45) is 4.16. The molecule has 0 rings (SSSR count). The fourth-order valence-corrected chi connectivity index (χ4v) is 0.526. The third-order valence-electron chi connectivity index (χ3n) is 1.51. The van der Waals surface area contributed by atoms with Crippen molar-refractivity contribution >= 4 is 12.4 Å². The average molecular weight is 202 g/mol. The van der Waals surface area contributed by atoms with E-state index < -0.39 is 0 Å². The topological polar surface area (TPSA) is 63.6 Å². The fraction of sp³-hybridized carbons (Fsp3) is 0.600. The molecule has 0 aliphatic carbocycles. The van der Waals surface area contributed by atoms with Gasteiger partial charge >= 0.3 is 5.97 Å². The van der Waals surface area contributed by atoms with Gasteiger partial charge in [0.2, 0.25) is 0 Å². The van der Waals surface area contributed by atoms with Crippen LogP contribution in [0.4, 0.5) is 0 Å². The van der Waals surface area contributed by atoms with Crippen molar-refractivity contribution in [3.63, 3.8) is 0 Å². The molecule has 0 amide bonds. The molecular weight excluding hydrogens is 184 g/mol. The first-order valence-electron chi connectivity index (χ1n) is 4.49. The minimum absolute atomic E-state index is 0.243. The smallest absolute Gasteiger partial charge is 0.330 e. The van der Waals surface area contributed by atoms with E-state index in [1.165, 1.54) is 6.08 Å². The Morgan fingerprint density at radius 3 is 2.43 bits per heavy atom. The minimum Gasteiger partial charge on any atom is -0.483 e. The molecule has 0 aromatic heterocycles. The number of carboxylic acid groups (broad SMARTS) is 1. The van der Waals surface area contributed by atoms with E-state index in [9.17, 15) is 4.79 Å². The summed E-state index contributed by atoms with van der Waals surface area (Å²) in [6, 6.07) is 0. The maximum absolute atomic E-state index is 10.8. The van der Waals surface area contributed by atoms with Crippen LogP contribution in [0, 0.1) is 5.92 Å². The van der Waals surface area contributed by atoms with E-state index >= 15 is 0 Å². The molecule has 0 aromatic carbocycles. The largest absolute Gasteiger partial charge is 0.483 e. The Labute approximate surface area is 84.6 Å². The Balaban J connectivity index is 0. The summed E-state index contributed by atoms with van der Waals surface area (Å²) in [5.74, 6) is 0.219. The first kappa shape index (κ1) is 15.2. The number of carbonyl (C=O) groups excluding carboxylic acids is 1. The zero-order chi connectivity index (χ0) is 11.4. The van der Waals surface area contributed by atoms with Crippen LogP contribution in [0.5, 0.6) is 0 Å². The van der Waals surface area contributed by atoms with Crippen molar-refractivity contribution in [2.24, 2.45) is 5.92 Å². The lowest BCUT2D eigenvalue weighted by atomic mass is 10.1. The third kappa shape index (κ3) is 13.3.